The summed E-state index contributed by atoms with van der Waals surface area (Å²) in [5.74, 6) is -0.594. The molecule has 1 heterocycles. The first-order valence-electron chi connectivity index (χ1n) is 10.2. The van der Waals surface area contributed by atoms with E-state index in [-0.39, 0.29) is 24.3 Å². The highest BCUT2D eigenvalue weighted by atomic mass is 16.5. The predicted molar refractivity (Wildman–Crippen MR) is 114 cm³/mol. The molecule has 0 bridgehead atoms. The van der Waals surface area contributed by atoms with Crippen LogP contribution in [0.4, 0.5) is 0 Å². The van der Waals surface area contributed by atoms with Crippen molar-refractivity contribution in [1.29, 1.82) is 0 Å². The minimum atomic E-state index is -0.682. The number of nitrogens with zero attached hydrogens (tertiary/aromatic N) is 4. The molecule has 8 heteroatoms. The zero-order valence-corrected chi connectivity index (χ0v) is 17.2. The maximum Gasteiger partial charge on any atom is 0.357 e. The van der Waals surface area contributed by atoms with Gasteiger partial charge in [-0.15, -0.1) is 5.10 Å². The molecule has 1 unspecified atom stereocenters. The molecule has 1 atom stereocenters. The molecule has 0 saturated heterocycles. The molecule has 1 N–H and O–H groups in total. The summed E-state index contributed by atoms with van der Waals surface area (Å²) >= 11 is 0. The van der Waals surface area contributed by atoms with Gasteiger partial charge in [-0.1, -0.05) is 54.6 Å². The van der Waals surface area contributed by atoms with Gasteiger partial charge in [0.15, 0.2) is 18.1 Å². The standard InChI is InChI=1S/C23H23N5O3/c1-16-25-26-27-28(16)21(14-17-8-3-2-4-9-17)23(30)31-15-22(29)24-20-13-7-11-18-10-5-6-12-19(18)20/h2-6,8-10,12,14,20H,7,11,13,15H2,1H3,(H,24,29)/b21-14+. The van der Waals surface area contributed by atoms with Gasteiger partial charge in [0, 0.05) is 0 Å². The van der Waals surface area contributed by atoms with Crippen LogP contribution in [0.1, 0.15) is 41.4 Å². The van der Waals surface area contributed by atoms with Crippen LogP contribution in [0.25, 0.3) is 11.8 Å². The quantitative estimate of drug-likeness (QED) is 0.489. The van der Waals surface area contributed by atoms with Crippen LogP contribution in [0.3, 0.4) is 0 Å². The number of tetrazole rings is 1. The number of carbonyl (C=O) groups excluding carboxylic acids is 2. The van der Waals surface area contributed by atoms with Gasteiger partial charge in [0.25, 0.3) is 5.91 Å². The Morgan fingerprint density at radius 1 is 1.16 bits per heavy atom. The highest BCUT2D eigenvalue weighted by molar-refractivity contribution is 6.15. The first kappa shape index (κ1) is 20.5. The molecule has 31 heavy (non-hydrogen) atoms. The normalized spacial score (nSPS) is 15.8. The van der Waals surface area contributed by atoms with E-state index in [1.54, 1.807) is 13.0 Å². The highest BCUT2D eigenvalue weighted by Crippen LogP contribution is 2.29. The van der Waals surface area contributed by atoms with Gasteiger partial charge in [-0.3, -0.25) is 4.79 Å². The number of esters is 1. The van der Waals surface area contributed by atoms with E-state index in [2.05, 4.69) is 26.9 Å². The van der Waals surface area contributed by atoms with E-state index in [9.17, 15) is 9.59 Å². The second kappa shape index (κ2) is 9.34. The summed E-state index contributed by atoms with van der Waals surface area (Å²) in [6, 6.07) is 17.3. The fourth-order valence-corrected chi connectivity index (χ4v) is 3.71. The average Bonchev–Trinajstić information content (AvgIpc) is 3.22. The van der Waals surface area contributed by atoms with Crippen molar-refractivity contribution in [3.8, 4) is 0 Å². The number of fused-ring (bicyclic) bond motifs is 1. The minimum Gasteiger partial charge on any atom is -0.451 e. The minimum absolute atomic E-state index is 0.0720. The van der Waals surface area contributed by atoms with Gasteiger partial charge in [-0.2, -0.15) is 4.68 Å². The Hall–Kier alpha value is -3.81. The number of rotatable bonds is 6. The molecule has 1 amide bonds. The van der Waals surface area contributed by atoms with Crippen molar-refractivity contribution < 1.29 is 14.3 Å². The summed E-state index contributed by atoms with van der Waals surface area (Å²) in [5.41, 5.74) is 3.29. The van der Waals surface area contributed by atoms with E-state index in [1.165, 1.54) is 10.2 Å². The molecule has 0 spiro atoms. The van der Waals surface area contributed by atoms with E-state index >= 15 is 0 Å². The topological polar surface area (TPSA) is 99.0 Å². The van der Waals surface area contributed by atoms with E-state index in [4.69, 9.17) is 4.74 Å². The Kier molecular flexibility index (Phi) is 6.16. The summed E-state index contributed by atoms with van der Waals surface area (Å²) in [6.07, 6.45) is 4.50. The third-order valence-corrected chi connectivity index (χ3v) is 5.20. The average molecular weight is 417 g/mol. The molecular formula is C23H23N5O3. The van der Waals surface area contributed by atoms with Crippen molar-refractivity contribution in [2.75, 3.05) is 6.61 Å². The summed E-state index contributed by atoms with van der Waals surface area (Å²) in [4.78, 5) is 25.3. The smallest absolute Gasteiger partial charge is 0.357 e. The number of hydrogen-bond donors (Lipinski definition) is 1. The van der Waals surface area contributed by atoms with Crippen molar-refractivity contribution in [3.05, 3.63) is 77.1 Å². The maximum absolute atomic E-state index is 12.8. The van der Waals surface area contributed by atoms with Crippen molar-refractivity contribution in [2.24, 2.45) is 0 Å². The third kappa shape index (κ3) is 4.85. The molecule has 0 fully saturated rings. The lowest BCUT2D eigenvalue weighted by Gasteiger charge is -2.26. The number of aromatic nitrogens is 4. The van der Waals surface area contributed by atoms with E-state index in [1.807, 2.05) is 48.5 Å². The van der Waals surface area contributed by atoms with Gasteiger partial charge in [0.1, 0.15) is 0 Å². The van der Waals surface area contributed by atoms with E-state index < -0.39 is 5.97 Å². The summed E-state index contributed by atoms with van der Waals surface area (Å²) in [5, 5.41) is 14.3. The fourth-order valence-electron chi connectivity index (χ4n) is 3.71. The molecule has 3 aromatic rings. The lowest BCUT2D eigenvalue weighted by Crippen LogP contribution is -2.34. The number of amides is 1. The first-order chi connectivity index (χ1) is 15.1. The number of benzene rings is 2. The number of aryl methyl sites for hydroxylation is 2. The molecule has 1 aromatic heterocycles. The Balaban J connectivity index is 1.44. The second-order valence-electron chi connectivity index (χ2n) is 7.37. The molecule has 0 aliphatic heterocycles. The Morgan fingerprint density at radius 2 is 1.94 bits per heavy atom. The van der Waals surface area contributed by atoms with Crippen LogP contribution in [0.2, 0.25) is 0 Å². The molecule has 0 radical (unpaired) electrons. The molecule has 1 aliphatic carbocycles. The monoisotopic (exact) mass is 417 g/mol. The van der Waals surface area contributed by atoms with Gasteiger partial charge >= 0.3 is 5.97 Å². The van der Waals surface area contributed by atoms with Crippen molar-refractivity contribution in [1.82, 2.24) is 25.5 Å². The zero-order valence-electron chi connectivity index (χ0n) is 17.2. The molecule has 158 valence electrons. The second-order valence-corrected chi connectivity index (χ2v) is 7.37. The van der Waals surface area contributed by atoms with Crippen molar-refractivity contribution in [2.45, 2.75) is 32.2 Å². The summed E-state index contributed by atoms with van der Waals surface area (Å²) in [7, 11) is 0. The Morgan fingerprint density at radius 3 is 2.71 bits per heavy atom. The van der Waals surface area contributed by atoms with Crippen LogP contribution in [0, 0.1) is 6.92 Å². The van der Waals surface area contributed by atoms with Crippen LogP contribution in [0.15, 0.2) is 54.6 Å². The SMILES string of the molecule is Cc1nnnn1/C(=C/c1ccccc1)C(=O)OCC(=O)NC1CCCc2ccccc21. The van der Waals surface area contributed by atoms with Crippen LogP contribution < -0.4 is 5.32 Å². The first-order valence-corrected chi connectivity index (χ1v) is 10.2. The number of nitrogens with one attached hydrogen (secondary N) is 1. The van der Waals surface area contributed by atoms with E-state index in [0.29, 0.717) is 5.82 Å². The number of carbonyl (C=O) groups is 2. The van der Waals surface area contributed by atoms with E-state index in [0.717, 1.165) is 30.4 Å². The lowest BCUT2D eigenvalue weighted by atomic mass is 9.88. The molecule has 1 aliphatic rings. The summed E-state index contributed by atoms with van der Waals surface area (Å²) < 4.78 is 6.61. The van der Waals surface area contributed by atoms with Crippen LogP contribution in [0.5, 0.6) is 0 Å². The van der Waals surface area contributed by atoms with Gasteiger partial charge in [0.2, 0.25) is 0 Å². The number of ether oxygens (including phenoxy) is 1. The molecule has 8 nitrogen and oxygen atoms in total. The third-order valence-electron chi connectivity index (χ3n) is 5.20. The Bertz CT molecular complexity index is 1110. The molecule has 0 saturated carbocycles. The van der Waals surface area contributed by atoms with Gasteiger partial charge < -0.3 is 10.1 Å². The van der Waals surface area contributed by atoms with Crippen LogP contribution in [-0.4, -0.2) is 38.7 Å². The van der Waals surface area contributed by atoms with Gasteiger partial charge in [-0.25, -0.2) is 4.79 Å². The van der Waals surface area contributed by atoms with Crippen molar-refractivity contribution >= 4 is 23.6 Å². The fraction of sp³-hybridized carbons (Fsp3) is 0.261. The van der Waals surface area contributed by atoms with Crippen molar-refractivity contribution in [3.63, 3.8) is 0 Å². The largest absolute Gasteiger partial charge is 0.451 e. The summed E-state index contributed by atoms with van der Waals surface area (Å²) in [6.45, 7) is 1.30. The van der Waals surface area contributed by atoms with Gasteiger partial charge in [-0.05, 0) is 59.4 Å². The molecule has 2 aromatic carbocycles. The van der Waals surface area contributed by atoms with Gasteiger partial charge in [0.05, 0.1) is 6.04 Å². The predicted octanol–water partition coefficient (Wildman–Crippen LogP) is 2.72. The number of hydrogen-bond acceptors (Lipinski definition) is 6. The molecule has 4 rings (SSSR count). The van der Waals surface area contributed by atoms with Crippen LogP contribution >= 0.6 is 0 Å². The highest BCUT2D eigenvalue weighted by Gasteiger charge is 2.23. The Labute approximate surface area is 179 Å². The maximum atomic E-state index is 12.8. The zero-order chi connectivity index (χ0) is 21.6. The molecular weight excluding hydrogens is 394 g/mol. The lowest BCUT2D eigenvalue weighted by molar-refractivity contribution is -0.143. The van der Waals surface area contributed by atoms with Crippen LogP contribution in [-0.2, 0) is 20.7 Å².